The molecule has 3 aromatic rings. The minimum atomic E-state index is -0.0781. The Kier molecular flexibility index (Phi) is 3.06. The van der Waals surface area contributed by atoms with Crippen LogP contribution in [0, 0.1) is 6.92 Å². The molecule has 2 N–H and O–H groups in total. The van der Waals surface area contributed by atoms with E-state index in [2.05, 4.69) is 20.6 Å². The Hall–Kier alpha value is -2.15. The van der Waals surface area contributed by atoms with Crippen LogP contribution in [-0.4, -0.2) is 25.9 Å². The lowest BCUT2D eigenvalue weighted by Gasteiger charge is -2.10. The van der Waals surface area contributed by atoms with Gasteiger partial charge in [-0.05, 0) is 19.9 Å². The lowest BCUT2D eigenvalue weighted by Crippen LogP contribution is -2.25. The molecule has 1 amide bonds. The van der Waals surface area contributed by atoms with Crippen molar-refractivity contribution in [3.05, 3.63) is 34.6 Å². The van der Waals surface area contributed by atoms with E-state index in [0.29, 0.717) is 4.88 Å². The van der Waals surface area contributed by atoms with Gasteiger partial charge in [0, 0.05) is 24.2 Å². The van der Waals surface area contributed by atoms with E-state index in [0.717, 1.165) is 21.5 Å². The van der Waals surface area contributed by atoms with E-state index in [1.165, 1.54) is 11.3 Å². The predicted octanol–water partition coefficient (Wildman–Crippen LogP) is 2.16. The molecule has 0 saturated heterocycles. The third-order valence-electron chi connectivity index (χ3n) is 3.29. The van der Waals surface area contributed by atoms with Crippen LogP contribution in [0.5, 0.6) is 0 Å². The summed E-state index contributed by atoms with van der Waals surface area (Å²) in [6.45, 7) is 3.88. The summed E-state index contributed by atoms with van der Waals surface area (Å²) in [6.07, 6.45) is 3.49. The van der Waals surface area contributed by atoms with Gasteiger partial charge in [0.25, 0.3) is 5.91 Å². The SMILES string of the molecule is Cc1nn(C)c2sc(C(=O)NC(C)c3cn[nH]c3)cc12. The first kappa shape index (κ1) is 12.9. The van der Waals surface area contributed by atoms with Gasteiger partial charge < -0.3 is 5.32 Å². The second kappa shape index (κ2) is 4.75. The molecule has 7 heteroatoms. The van der Waals surface area contributed by atoms with Gasteiger partial charge in [-0.1, -0.05) is 0 Å². The van der Waals surface area contributed by atoms with Crippen molar-refractivity contribution >= 4 is 27.5 Å². The van der Waals surface area contributed by atoms with Crippen LogP contribution >= 0.6 is 11.3 Å². The summed E-state index contributed by atoms with van der Waals surface area (Å²) in [7, 11) is 1.89. The first-order valence-corrected chi connectivity index (χ1v) is 7.10. The first-order chi connectivity index (χ1) is 9.56. The van der Waals surface area contributed by atoms with E-state index in [-0.39, 0.29) is 11.9 Å². The van der Waals surface area contributed by atoms with Gasteiger partial charge in [0.05, 0.1) is 22.8 Å². The summed E-state index contributed by atoms with van der Waals surface area (Å²) < 4.78 is 1.81. The second-order valence-electron chi connectivity index (χ2n) is 4.77. The van der Waals surface area contributed by atoms with Gasteiger partial charge in [-0.15, -0.1) is 11.3 Å². The zero-order chi connectivity index (χ0) is 14.3. The molecule has 1 atom stereocenters. The molecule has 3 aromatic heterocycles. The highest BCUT2D eigenvalue weighted by atomic mass is 32.1. The van der Waals surface area contributed by atoms with Crippen molar-refractivity contribution in [2.45, 2.75) is 19.9 Å². The second-order valence-corrected chi connectivity index (χ2v) is 5.80. The fraction of sp³-hybridized carbons (Fsp3) is 0.308. The average molecular weight is 289 g/mol. The molecule has 0 aliphatic rings. The normalized spacial score (nSPS) is 12.8. The average Bonchev–Trinajstić information content (AvgIpc) is 3.11. The van der Waals surface area contributed by atoms with Crippen molar-refractivity contribution in [3.63, 3.8) is 0 Å². The van der Waals surface area contributed by atoms with Gasteiger partial charge in [0.1, 0.15) is 4.83 Å². The van der Waals surface area contributed by atoms with Crippen LogP contribution < -0.4 is 5.32 Å². The quantitative estimate of drug-likeness (QED) is 0.775. The van der Waals surface area contributed by atoms with Crippen molar-refractivity contribution in [1.82, 2.24) is 25.3 Å². The highest BCUT2D eigenvalue weighted by molar-refractivity contribution is 7.20. The van der Waals surface area contributed by atoms with Gasteiger partial charge in [-0.25, -0.2) is 0 Å². The highest BCUT2D eigenvalue weighted by Crippen LogP contribution is 2.27. The smallest absolute Gasteiger partial charge is 0.261 e. The molecule has 0 saturated carbocycles. The van der Waals surface area contributed by atoms with Gasteiger partial charge in [0.2, 0.25) is 0 Å². The number of fused-ring (bicyclic) bond motifs is 1. The molecule has 0 aromatic carbocycles. The number of aromatic amines is 1. The molecule has 20 heavy (non-hydrogen) atoms. The fourth-order valence-corrected chi connectivity index (χ4v) is 3.19. The lowest BCUT2D eigenvalue weighted by molar-refractivity contribution is 0.0944. The number of nitrogens with zero attached hydrogens (tertiary/aromatic N) is 3. The van der Waals surface area contributed by atoms with E-state index in [1.54, 1.807) is 12.4 Å². The molecule has 0 fully saturated rings. The van der Waals surface area contributed by atoms with Crippen molar-refractivity contribution < 1.29 is 4.79 Å². The minimum Gasteiger partial charge on any atom is -0.345 e. The van der Waals surface area contributed by atoms with Crippen molar-refractivity contribution in [3.8, 4) is 0 Å². The molecule has 3 heterocycles. The Bertz CT molecular complexity index is 721. The van der Waals surface area contributed by atoms with Crippen molar-refractivity contribution in [2.75, 3.05) is 0 Å². The van der Waals surface area contributed by atoms with E-state index in [1.807, 2.05) is 31.6 Å². The molecule has 3 rings (SSSR count). The van der Waals surface area contributed by atoms with Gasteiger partial charge in [-0.2, -0.15) is 10.2 Å². The van der Waals surface area contributed by atoms with Crippen LogP contribution in [0.25, 0.3) is 10.2 Å². The molecule has 0 bridgehead atoms. The summed E-state index contributed by atoms with van der Waals surface area (Å²) in [4.78, 5) is 14.0. The number of nitrogens with one attached hydrogen (secondary N) is 2. The van der Waals surface area contributed by atoms with Crippen molar-refractivity contribution in [2.24, 2.45) is 7.05 Å². The predicted molar refractivity (Wildman–Crippen MR) is 77.8 cm³/mol. The van der Waals surface area contributed by atoms with Crippen molar-refractivity contribution in [1.29, 1.82) is 0 Å². The Labute approximate surface area is 119 Å². The monoisotopic (exact) mass is 289 g/mol. The number of H-pyrrole nitrogens is 1. The zero-order valence-electron chi connectivity index (χ0n) is 11.5. The Balaban J connectivity index is 1.84. The fourth-order valence-electron chi connectivity index (χ4n) is 2.17. The van der Waals surface area contributed by atoms with Crippen LogP contribution in [0.2, 0.25) is 0 Å². The van der Waals surface area contributed by atoms with Crippen LogP contribution in [0.4, 0.5) is 0 Å². The first-order valence-electron chi connectivity index (χ1n) is 6.29. The third kappa shape index (κ3) is 2.09. The highest BCUT2D eigenvalue weighted by Gasteiger charge is 2.17. The van der Waals surface area contributed by atoms with Crippen LogP contribution in [-0.2, 0) is 7.05 Å². The van der Waals surface area contributed by atoms with Gasteiger partial charge >= 0.3 is 0 Å². The van der Waals surface area contributed by atoms with Crippen LogP contribution in [0.15, 0.2) is 18.5 Å². The minimum absolute atomic E-state index is 0.0701. The molecule has 0 aliphatic carbocycles. The summed E-state index contributed by atoms with van der Waals surface area (Å²) in [5.74, 6) is -0.0701. The molecule has 1 unspecified atom stereocenters. The largest absolute Gasteiger partial charge is 0.345 e. The Morgan fingerprint density at radius 2 is 2.35 bits per heavy atom. The summed E-state index contributed by atoms with van der Waals surface area (Å²) in [5, 5.41) is 15.0. The maximum atomic E-state index is 12.3. The lowest BCUT2D eigenvalue weighted by atomic mass is 10.2. The van der Waals surface area contributed by atoms with E-state index >= 15 is 0 Å². The number of thiophene rings is 1. The number of aromatic nitrogens is 4. The molecular weight excluding hydrogens is 274 g/mol. The number of hydrogen-bond acceptors (Lipinski definition) is 4. The topological polar surface area (TPSA) is 75.6 Å². The van der Waals surface area contributed by atoms with E-state index in [4.69, 9.17) is 0 Å². The molecule has 0 aliphatic heterocycles. The number of rotatable bonds is 3. The van der Waals surface area contributed by atoms with E-state index < -0.39 is 0 Å². The molecule has 104 valence electrons. The van der Waals surface area contributed by atoms with Gasteiger partial charge in [-0.3, -0.25) is 14.6 Å². The van der Waals surface area contributed by atoms with E-state index in [9.17, 15) is 4.79 Å². The van der Waals surface area contributed by atoms with Crippen LogP contribution in [0.3, 0.4) is 0 Å². The summed E-state index contributed by atoms with van der Waals surface area (Å²) in [5.41, 5.74) is 1.90. The molecule has 0 spiro atoms. The number of carbonyl (C=O) groups is 1. The number of amides is 1. The maximum Gasteiger partial charge on any atom is 0.261 e. The maximum absolute atomic E-state index is 12.3. The Morgan fingerprint density at radius 1 is 1.55 bits per heavy atom. The standard InChI is InChI=1S/C13H15N5OS/c1-7(9-5-14-15-6-9)16-12(19)11-4-10-8(2)17-18(3)13(10)20-11/h4-7H,1-3H3,(H,14,15)(H,16,19). The molecule has 6 nitrogen and oxygen atoms in total. The number of carbonyl (C=O) groups excluding carboxylic acids is 1. The molecular formula is C13H15N5OS. The summed E-state index contributed by atoms with van der Waals surface area (Å²) in [6, 6.07) is 1.82. The molecule has 0 radical (unpaired) electrons. The zero-order valence-corrected chi connectivity index (χ0v) is 12.3. The third-order valence-corrected chi connectivity index (χ3v) is 4.49. The Morgan fingerprint density at radius 3 is 3.00 bits per heavy atom. The van der Waals surface area contributed by atoms with Gasteiger partial charge in [0.15, 0.2) is 0 Å². The summed E-state index contributed by atoms with van der Waals surface area (Å²) >= 11 is 1.46. The number of hydrogen-bond donors (Lipinski definition) is 2. The van der Waals surface area contributed by atoms with Crippen LogP contribution in [0.1, 0.15) is 33.9 Å². The number of aryl methyl sites for hydroxylation is 2.